The first kappa shape index (κ1) is 17.8. The van der Waals surface area contributed by atoms with E-state index in [0.717, 1.165) is 30.7 Å². The number of aryl methyl sites for hydroxylation is 2. The van der Waals surface area contributed by atoms with Gasteiger partial charge in [0.05, 0.1) is 12.8 Å². The molecule has 4 aromatic rings. The molecule has 1 atom stereocenters. The van der Waals surface area contributed by atoms with E-state index < -0.39 is 0 Å². The average Bonchev–Trinajstić information content (AvgIpc) is 3.29. The third-order valence-electron chi connectivity index (χ3n) is 6.40. The number of nitrogens with zero attached hydrogens (tertiary/aromatic N) is 2. The molecule has 3 aromatic carbocycles. The Morgan fingerprint density at radius 2 is 1.79 bits per heavy atom. The molecule has 0 aliphatic heterocycles. The van der Waals surface area contributed by atoms with Crippen LogP contribution in [0.25, 0.3) is 10.8 Å². The number of anilines is 1. The van der Waals surface area contributed by atoms with Crippen LogP contribution in [0.15, 0.2) is 66.9 Å². The van der Waals surface area contributed by atoms with Crippen LogP contribution in [0.3, 0.4) is 0 Å². The van der Waals surface area contributed by atoms with E-state index in [9.17, 15) is 0 Å². The van der Waals surface area contributed by atoms with E-state index in [2.05, 4.69) is 66.9 Å². The van der Waals surface area contributed by atoms with Crippen molar-refractivity contribution in [1.82, 2.24) is 9.55 Å². The molecule has 1 aliphatic rings. The molecule has 2 N–H and O–H groups in total. The summed E-state index contributed by atoms with van der Waals surface area (Å²) in [6.45, 7) is 0. The van der Waals surface area contributed by atoms with Gasteiger partial charge in [0, 0.05) is 18.7 Å². The summed E-state index contributed by atoms with van der Waals surface area (Å²) in [5.41, 5.74) is 10.9. The molecule has 0 saturated heterocycles. The maximum Gasteiger partial charge on any atom is 0.200 e. The number of hydrogen-bond donors (Lipinski definition) is 1. The summed E-state index contributed by atoms with van der Waals surface area (Å²) >= 11 is 0. The monoisotopic (exact) mass is 383 g/mol. The number of methoxy groups -OCH3 is 1. The number of benzene rings is 3. The van der Waals surface area contributed by atoms with Crippen molar-refractivity contribution >= 4 is 16.7 Å². The van der Waals surface area contributed by atoms with Crippen LogP contribution < -0.4 is 10.5 Å². The van der Waals surface area contributed by atoms with Crippen molar-refractivity contribution in [1.29, 1.82) is 0 Å². The van der Waals surface area contributed by atoms with Crippen LogP contribution in [0.1, 0.15) is 28.8 Å². The molecule has 0 spiro atoms. The second kappa shape index (κ2) is 6.66. The first-order valence-corrected chi connectivity index (χ1v) is 10.0. The van der Waals surface area contributed by atoms with Crippen molar-refractivity contribution in [2.75, 3.05) is 12.8 Å². The average molecular weight is 383 g/mol. The van der Waals surface area contributed by atoms with E-state index in [1.54, 1.807) is 7.11 Å². The number of fused-ring (bicyclic) bond motifs is 2. The van der Waals surface area contributed by atoms with E-state index in [1.165, 1.54) is 27.5 Å². The number of rotatable bonds is 4. The van der Waals surface area contributed by atoms with Crippen molar-refractivity contribution in [3.8, 4) is 5.75 Å². The van der Waals surface area contributed by atoms with Crippen LogP contribution >= 0.6 is 0 Å². The Hall–Kier alpha value is -3.27. The molecule has 5 rings (SSSR count). The SMILES string of the molecule is COc1cc2ccccc2cc1CC1(c2cn(C)c(N)n2)CCc2ccccc21. The Morgan fingerprint density at radius 3 is 2.52 bits per heavy atom. The topological polar surface area (TPSA) is 53.1 Å². The number of imidazole rings is 1. The van der Waals surface area contributed by atoms with Crippen LogP contribution in [-0.2, 0) is 25.3 Å². The number of hydrogen-bond acceptors (Lipinski definition) is 3. The van der Waals surface area contributed by atoms with Gasteiger partial charge in [0.1, 0.15) is 5.75 Å². The van der Waals surface area contributed by atoms with Gasteiger partial charge in [0.25, 0.3) is 0 Å². The predicted molar refractivity (Wildman–Crippen MR) is 117 cm³/mol. The van der Waals surface area contributed by atoms with Gasteiger partial charge in [-0.3, -0.25) is 0 Å². The van der Waals surface area contributed by atoms with Crippen molar-refractivity contribution in [2.24, 2.45) is 7.05 Å². The standard InChI is InChI=1S/C25H25N3O/c1-28-16-23(27-24(28)26)25(12-11-17-7-5-6-10-21(17)25)15-20-13-18-8-3-4-9-19(18)14-22(20)29-2/h3-10,13-14,16H,11-12,15H2,1-2H3,(H2,26,27). The van der Waals surface area contributed by atoms with Crippen LogP contribution in [0.5, 0.6) is 5.75 Å². The molecule has 0 saturated carbocycles. The Labute approximate surface area is 171 Å². The minimum absolute atomic E-state index is 0.207. The lowest BCUT2D eigenvalue weighted by molar-refractivity contribution is 0.401. The van der Waals surface area contributed by atoms with Gasteiger partial charge in [-0.05, 0) is 58.9 Å². The summed E-state index contributed by atoms with van der Waals surface area (Å²) in [4.78, 5) is 4.78. The van der Waals surface area contributed by atoms with Crippen LogP contribution in [0.4, 0.5) is 5.95 Å². The first-order valence-electron chi connectivity index (χ1n) is 10.0. The van der Waals surface area contributed by atoms with Crippen molar-refractivity contribution < 1.29 is 4.74 Å². The van der Waals surface area contributed by atoms with E-state index in [-0.39, 0.29) is 5.41 Å². The molecule has 1 unspecified atom stereocenters. The molecular formula is C25H25N3O. The Bertz CT molecular complexity index is 1190. The second-order valence-corrected chi connectivity index (χ2v) is 8.02. The summed E-state index contributed by atoms with van der Waals surface area (Å²) < 4.78 is 7.72. The number of nitrogens with two attached hydrogens (primary N) is 1. The molecular weight excluding hydrogens is 358 g/mol. The fourth-order valence-electron chi connectivity index (χ4n) is 4.86. The van der Waals surface area contributed by atoms with E-state index in [0.29, 0.717) is 5.95 Å². The van der Waals surface area contributed by atoms with E-state index in [1.807, 2.05) is 11.6 Å². The summed E-state index contributed by atoms with van der Waals surface area (Å²) in [6.07, 6.45) is 4.97. The highest BCUT2D eigenvalue weighted by molar-refractivity contribution is 5.85. The molecule has 1 aliphatic carbocycles. The van der Waals surface area contributed by atoms with Gasteiger partial charge in [-0.25, -0.2) is 4.98 Å². The minimum atomic E-state index is -0.207. The molecule has 0 amide bonds. The van der Waals surface area contributed by atoms with E-state index >= 15 is 0 Å². The highest BCUT2D eigenvalue weighted by atomic mass is 16.5. The molecule has 146 valence electrons. The van der Waals surface area contributed by atoms with Crippen LogP contribution in [0, 0.1) is 0 Å². The normalized spacial score (nSPS) is 18.1. The quantitative estimate of drug-likeness (QED) is 0.559. The first-order chi connectivity index (χ1) is 14.1. The predicted octanol–water partition coefficient (Wildman–Crippen LogP) is 4.64. The molecule has 0 fully saturated rings. The lowest BCUT2D eigenvalue weighted by atomic mass is 9.74. The Balaban J connectivity index is 1.71. The maximum atomic E-state index is 6.14. The van der Waals surface area contributed by atoms with Gasteiger partial charge in [-0.15, -0.1) is 0 Å². The van der Waals surface area contributed by atoms with Crippen LogP contribution in [-0.4, -0.2) is 16.7 Å². The van der Waals surface area contributed by atoms with Gasteiger partial charge in [0.15, 0.2) is 5.95 Å². The summed E-state index contributed by atoms with van der Waals surface area (Å²) in [5, 5.41) is 2.42. The van der Waals surface area contributed by atoms with Crippen molar-refractivity contribution in [3.63, 3.8) is 0 Å². The fourth-order valence-corrected chi connectivity index (χ4v) is 4.86. The third-order valence-corrected chi connectivity index (χ3v) is 6.40. The highest BCUT2D eigenvalue weighted by Crippen LogP contribution is 2.47. The van der Waals surface area contributed by atoms with Gasteiger partial charge >= 0.3 is 0 Å². The van der Waals surface area contributed by atoms with E-state index in [4.69, 9.17) is 15.5 Å². The largest absolute Gasteiger partial charge is 0.496 e. The molecule has 4 heteroatoms. The Morgan fingerprint density at radius 1 is 1.07 bits per heavy atom. The summed E-state index contributed by atoms with van der Waals surface area (Å²) in [5.74, 6) is 1.48. The van der Waals surface area contributed by atoms with Gasteiger partial charge < -0.3 is 15.0 Å². The third kappa shape index (κ3) is 2.79. The van der Waals surface area contributed by atoms with Crippen LogP contribution in [0.2, 0.25) is 0 Å². The maximum absolute atomic E-state index is 6.14. The van der Waals surface area contributed by atoms with Gasteiger partial charge in [-0.1, -0.05) is 48.5 Å². The van der Waals surface area contributed by atoms with Gasteiger partial charge in [-0.2, -0.15) is 0 Å². The summed E-state index contributed by atoms with van der Waals surface area (Å²) in [7, 11) is 3.71. The second-order valence-electron chi connectivity index (χ2n) is 8.02. The highest BCUT2D eigenvalue weighted by Gasteiger charge is 2.43. The number of ether oxygens (including phenoxy) is 1. The zero-order chi connectivity index (χ0) is 20.0. The lowest BCUT2D eigenvalue weighted by Gasteiger charge is -2.30. The number of aromatic nitrogens is 2. The molecule has 1 heterocycles. The zero-order valence-electron chi connectivity index (χ0n) is 16.9. The smallest absolute Gasteiger partial charge is 0.200 e. The fraction of sp³-hybridized carbons (Fsp3) is 0.240. The Kier molecular flexibility index (Phi) is 4.09. The molecule has 4 nitrogen and oxygen atoms in total. The molecule has 1 aromatic heterocycles. The molecule has 0 bridgehead atoms. The zero-order valence-corrected chi connectivity index (χ0v) is 16.9. The van der Waals surface area contributed by atoms with Crippen molar-refractivity contribution in [2.45, 2.75) is 24.7 Å². The molecule has 0 radical (unpaired) electrons. The summed E-state index contributed by atoms with van der Waals surface area (Å²) in [6, 6.07) is 21.6. The van der Waals surface area contributed by atoms with Crippen molar-refractivity contribution in [3.05, 3.63) is 89.2 Å². The minimum Gasteiger partial charge on any atom is -0.496 e. The number of nitrogen functional groups attached to an aromatic ring is 1. The molecule has 29 heavy (non-hydrogen) atoms. The van der Waals surface area contributed by atoms with Gasteiger partial charge in [0.2, 0.25) is 0 Å². The lowest BCUT2D eigenvalue weighted by Crippen LogP contribution is -2.28.